The van der Waals surface area contributed by atoms with Crippen LogP contribution in [0.25, 0.3) is 98.8 Å². The lowest BCUT2D eigenvalue weighted by Gasteiger charge is -2.21. The molecule has 0 amide bonds. The van der Waals surface area contributed by atoms with Gasteiger partial charge in [-0.05, 0) is 89.0 Å². The molecule has 1 heteroatoms. The molecule has 0 aliphatic carbocycles. The highest BCUT2D eigenvalue weighted by Crippen LogP contribution is 2.48. The van der Waals surface area contributed by atoms with Crippen LogP contribution in [-0.4, -0.2) is 0 Å². The van der Waals surface area contributed by atoms with Crippen LogP contribution in [0.3, 0.4) is 0 Å². The molecule has 0 aliphatic heterocycles. The van der Waals surface area contributed by atoms with Crippen LogP contribution in [0.4, 0.5) is 0 Å². The smallest absolute Gasteiger partial charge is 0.136 e. The standard InChI is InChI=1S/C48H30O/c1-2-15-31(16-3-1)32-17-4-7-20-36(32)46-38-21-8-10-23-40(38)47(41-24-11-9-22-39(41)46)42-30-29-35(33-18-5-6-19-34(33)42)37-26-14-28-45-48(37)43-25-12-13-27-44(43)49-45/h1-30H. The molecule has 0 radical (unpaired) electrons. The third-order valence-corrected chi connectivity index (χ3v) is 10.1. The van der Waals surface area contributed by atoms with Crippen molar-refractivity contribution >= 4 is 54.3 Å². The lowest BCUT2D eigenvalue weighted by Crippen LogP contribution is -1.93. The summed E-state index contributed by atoms with van der Waals surface area (Å²) in [5.74, 6) is 0. The summed E-state index contributed by atoms with van der Waals surface area (Å²) < 4.78 is 6.30. The van der Waals surface area contributed by atoms with Gasteiger partial charge in [-0.3, -0.25) is 0 Å². The van der Waals surface area contributed by atoms with Gasteiger partial charge < -0.3 is 4.42 Å². The average molecular weight is 623 g/mol. The monoisotopic (exact) mass is 622 g/mol. The highest BCUT2D eigenvalue weighted by molar-refractivity contribution is 6.25. The minimum Gasteiger partial charge on any atom is -0.456 e. The summed E-state index contributed by atoms with van der Waals surface area (Å²) in [6.07, 6.45) is 0. The molecule has 0 aliphatic rings. The summed E-state index contributed by atoms with van der Waals surface area (Å²) in [5, 5.41) is 9.77. The molecule has 1 heterocycles. The van der Waals surface area contributed by atoms with E-state index in [0.29, 0.717) is 0 Å². The predicted octanol–water partition coefficient (Wildman–Crippen LogP) is 13.7. The number of hydrogen-bond donors (Lipinski definition) is 0. The number of furan rings is 1. The van der Waals surface area contributed by atoms with Crippen LogP contribution in [-0.2, 0) is 0 Å². The van der Waals surface area contributed by atoms with E-state index in [2.05, 4.69) is 176 Å². The van der Waals surface area contributed by atoms with Gasteiger partial charge >= 0.3 is 0 Å². The van der Waals surface area contributed by atoms with Gasteiger partial charge in [0.2, 0.25) is 0 Å². The second kappa shape index (κ2) is 11.1. The molecule has 0 unspecified atom stereocenters. The first kappa shape index (κ1) is 27.7. The minimum absolute atomic E-state index is 0.912. The Morgan fingerprint density at radius 1 is 0.245 bits per heavy atom. The molecule has 0 saturated heterocycles. The molecule has 0 atom stereocenters. The molecule has 0 spiro atoms. The first-order valence-corrected chi connectivity index (χ1v) is 16.9. The van der Waals surface area contributed by atoms with Crippen molar-refractivity contribution in [3.63, 3.8) is 0 Å². The fourth-order valence-corrected chi connectivity index (χ4v) is 8.03. The van der Waals surface area contributed by atoms with Crippen LogP contribution in [0, 0.1) is 0 Å². The van der Waals surface area contributed by atoms with E-state index in [0.717, 1.165) is 21.9 Å². The summed E-state index contributed by atoms with van der Waals surface area (Å²) >= 11 is 0. The summed E-state index contributed by atoms with van der Waals surface area (Å²) in [4.78, 5) is 0. The molecule has 49 heavy (non-hydrogen) atoms. The van der Waals surface area contributed by atoms with Gasteiger partial charge in [-0.25, -0.2) is 0 Å². The molecule has 9 aromatic carbocycles. The van der Waals surface area contributed by atoms with Gasteiger partial charge in [0.1, 0.15) is 11.2 Å². The summed E-state index contributed by atoms with van der Waals surface area (Å²) in [5.41, 5.74) is 11.7. The molecule has 1 nitrogen and oxygen atoms in total. The molecule has 0 N–H and O–H groups in total. The van der Waals surface area contributed by atoms with Crippen LogP contribution < -0.4 is 0 Å². The number of rotatable bonds is 4. The largest absolute Gasteiger partial charge is 0.456 e. The van der Waals surface area contributed by atoms with Gasteiger partial charge in [-0.1, -0.05) is 170 Å². The van der Waals surface area contributed by atoms with E-state index < -0.39 is 0 Å². The van der Waals surface area contributed by atoms with E-state index in [-0.39, 0.29) is 0 Å². The third-order valence-electron chi connectivity index (χ3n) is 10.1. The van der Waals surface area contributed by atoms with Crippen LogP contribution in [0.2, 0.25) is 0 Å². The Morgan fingerprint density at radius 3 is 1.37 bits per heavy atom. The molecule has 0 fully saturated rings. The van der Waals surface area contributed by atoms with Crippen molar-refractivity contribution < 1.29 is 4.42 Å². The summed E-state index contributed by atoms with van der Waals surface area (Å²) in [6, 6.07) is 65.7. The number of hydrogen-bond acceptors (Lipinski definition) is 1. The van der Waals surface area contributed by atoms with E-state index in [1.54, 1.807) is 0 Å². The van der Waals surface area contributed by atoms with Crippen LogP contribution in [0.5, 0.6) is 0 Å². The van der Waals surface area contributed by atoms with Gasteiger partial charge in [0, 0.05) is 10.8 Å². The van der Waals surface area contributed by atoms with E-state index in [1.807, 2.05) is 6.07 Å². The molecule has 10 rings (SSSR count). The zero-order chi connectivity index (χ0) is 32.3. The Labute approximate surface area is 284 Å². The lowest BCUT2D eigenvalue weighted by molar-refractivity contribution is 0.669. The Kier molecular flexibility index (Phi) is 6.25. The van der Waals surface area contributed by atoms with Crippen molar-refractivity contribution in [1.82, 2.24) is 0 Å². The highest BCUT2D eigenvalue weighted by atomic mass is 16.3. The Balaban J connectivity index is 1.28. The van der Waals surface area contributed by atoms with Crippen LogP contribution in [0.15, 0.2) is 186 Å². The first-order valence-electron chi connectivity index (χ1n) is 16.9. The summed E-state index contributed by atoms with van der Waals surface area (Å²) in [6.45, 7) is 0. The molecule has 0 saturated carbocycles. The SMILES string of the molecule is c1ccc(-c2ccccc2-c2c3ccccc3c(-c3ccc(-c4cccc5oc6ccccc6c45)c4ccccc34)c3ccccc23)cc1. The van der Waals surface area contributed by atoms with Crippen molar-refractivity contribution in [3.8, 4) is 44.5 Å². The molecular weight excluding hydrogens is 593 g/mol. The van der Waals surface area contributed by atoms with Gasteiger partial charge in [0.05, 0.1) is 0 Å². The van der Waals surface area contributed by atoms with Crippen molar-refractivity contribution in [2.45, 2.75) is 0 Å². The zero-order valence-corrected chi connectivity index (χ0v) is 26.7. The number of fused-ring (bicyclic) bond motifs is 6. The lowest BCUT2D eigenvalue weighted by atomic mass is 9.82. The van der Waals surface area contributed by atoms with Gasteiger partial charge in [0.25, 0.3) is 0 Å². The van der Waals surface area contributed by atoms with E-state index in [1.165, 1.54) is 76.8 Å². The molecule has 0 bridgehead atoms. The van der Waals surface area contributed by atoms with Crippen LogP contribution in [0.1, 0.15) is 0 Å². The van der Waals surface area contributed by atoms with Crippen molar-refractivity contribution in [1.29, 1.82) is 0 Å². The van der Waals surface area contributed by atoms with E-state index in [9.17, 15) is 0 Å². The Morgan fingerprint density at radius 2 is 0.694 bits per heavy atom. The second-order valence-electron chi connectivity index (χ2n) is 12.7. The van der Waals surface area contributed by atoms with Crippen molar-refractivity contribution in [2.75, 3.05) is 0 Å². The topological polar surface area (TPSA) is 13.1 Å². The predicted molar refractivity (Wildman–Crippen MR) is 208 cm³/mol. The molecule has 10 aromatic rings. The van der Waals surface area contributed by atoms with Crippen molar-refractivity contribution in [2.24, 2.45) is 0 Å². The highest BCUT2D eigenvalue weighted by Gasteiger charge is 2.21. The maximum atomic E-state index is 6.30. The normalized spacial score (nSPS) is 11.7. The molecular formula is C48H30O. The maximum Gasteiger partial charge on any atom is 0.136 e. The van der Waals surface area contributed by atoms with Crippen molar-refractivity contribution in [3.05, 3.63) is 182 Å². The van der Waals surface area contributed by atoms with Gasteiger partial charge in [-0.15, -0.1) is 0 Å². The average Bonchev–Trinajstić information content (AvgIpc) is 3.56. The van der Waals surface area contributed by atoms with Gasteiger partial charge in [0.15, 0.2) is 0 Å². The number of benzene rings is 9. The first-order chi connectivity index (χ1) is 24.3. The molecule has 1 aromatic heterocycles. The summed E-state index contributed by atoms with van der Waals surface area (Å²) in [7, 11) is 0. The third kappa shape index (κ3) is 4.26. The fraction of sp³-hybridized carbons (Fsp3) is 0. The van der Waals surface area contributed by atoms with Gasteiger partial charge in [-0.2, -0.15) is 0 Å². The number of para-hydroxylation sites is 1. The fourth-order valence-electron chi connectivity index (χ4n) is 8.03. The zero-order valence-electron chi connectivity index (χ0n) is 26.7. The van der Waals surface area contributed by atoms with E-state index in [4.69, 9.17) is 4.42 Å². The molecule has 228 valence electrons. The van der Waals surface area contributed by atoms with E-state index >= 15 is 0 Å². The van der Waals surface area contributed by atoms with Crippen LogP contribution >= 0.6 is 0 Å². The quantitative estimate of drug-likeness (QED) is 0.178. The Hall–Kier alpha value is -6.44. The Bertz CT molecular complexity index is 2820. The maximum absolute atomic E-state index is 6.30. The second-order valence-corrected chi connectivity index (χ2v) is 12.7. The minimum atomic E-state index is 0.912.